The van der Waals surface area contributed by atoms with Gasteiger partial charge in [0.25, 0.3) is 0 Å². The number of urea groups is 1. The molecule has 1 fully saturated rings. The van der Waals surface area contributed by atoms with Gasteiger partial charge in [-0.1, -0.05) is 6.92 Å². The molecule has 17 heavy (non-hydrogen) atoms. The van der Waals surface area contributed by atoms with E-state index in [1.807, 2.05) is 0 Å². The molecule has 0 aromatic carbocycles. The third kappa shape index (κ3) is 4.22. The van der Waals surface area contributed by atoms with Crippen molar-refractivity contribution in [3.05, 3.63) is 0 Å². The minimum atomic E-state index is -0.147. The fraction of sp³-hybridized carbons (Fsp3) is 0.818. The summed E-state index contributed by atoms with van der Waals surface area (Å²) >= 11 is 0. The Morgan fingerprint density at radius 1 is 1.29 bits per heavy atom. The summed E-state index contributed by atoms with van der Waals surface area (Å²) < 4.78 is 0. The third-order valence-corrected chi connectivity index (χ3v) is 2.92. The Hall–Kier alpha value is -1.30. The van der Waals surface area contributed by atoms with E-state index in [9.17, 15) is 9.59 Å². The highest BCUT2D eigenvalue weighted by Gasteiger charge is 2.28. The van der Waals surface area contributed by atoms with Crippen LogP contribution < -0.4 is 16.0 Å². The first-order chi connectivity index (χ1) is 8.02. The van der Waals surface area contributed by atoms with E-state index in [1.165, 1.54) is 4.90 Å². The Balaban J connectivity index is 2.14. The van der Waals surface area contributed by atoms with E-state index in [2.05, 4.69) is 22.9 Å². The Morgan fingerprint density at radius 3 is 2.47 bits per heavy atom. The first kappa shape index (κ1) is 13.8. The van der Waals surface area contributed by atoms with Gasteiger partial charge in [0, 0.05) is 27.2 Å². The van der Waals surface area contributed by atoms with E-state index >= 15 is 0 Å². The first-order valence-corrected chi connectivity index (χ1v) is 5.98. The summed E-state index contributed by atoms with van der Waals surface area (Å²) in [5.74, 6) is 0.403. The van der Waals surface area contributed by atoms with Crippen LogP contribution in [0.4, 0.5) is 4.79 Å². The quantitative estimate of drug-likeness (QED) is 0.575. The highest BCUT2D eigenvalue weighted by Crippen LogP contribution is 2.13. The van der Waals surface area contributed by atoms with Crippen molar-refractivity contribution >= 4 is 11.9 Å². The molecule has 0 radical (unpaired) electrons. The summed E-state index contributed by atoms with van der Waals surface area (Å²) in [5.41, 5.74) is 0. The second kappa shape index (κ2) is 6.44. The number of carbonyl (C=O) groups excluding carboxylic acids is 2. The maximum absolute atomic E-state index is 11.7. The molecule has 1 aliphatic heterocycles. The van der Waals surface area contributed by atoms with Crippen LogP contribution in [0.25, 0.3) is 0 Å². The fourth-order valence-corrected chi connectivity index (χ4v) is 1.81. The molecule has 98 valence electrons. The number of amides is 3. The molecule has 2 unspecified atom stereocenters. The van der Waals surface area contributed by atoms with E-state index in [1.54, 1.807) is 14.1 Å². The van der Waals surface area contributed by atoms with Crippen molar-refractivity contribution in [2.24, 2.45) is 5.92 Å². The average molecular weight is 242 g/mol. The van der Waals surface area contributed by atoms with Crippen LogP contribution in [0.3, 0.4) is 0 Å². The van der Waals surface area contributed by atoms with Gasteiger partial charge < -0.3 is 20.9 Å². The molecule has 3 N–H and O–H groups in total. The molecule has 6 heteroatoms. The molecule has 0 aromatic heterocycles. The lowest BCUT2D eigenvalue weighted by molar-refractivity contribution is -0.123. The zero-order chi connectivity index (χ0) is 12.8. The van der Waals surface area contributed by atoms with Crippen LogP contribution in [0, 0.1) is 5.92 Å². The third-order valence-electron chi connectivity index (χ3n) is 2.92. The van der Waals surface area contributed by atoms with Gasteiger partial charge in [0.1, 0.15) is 0 Å². The molecule has 3 amide bonds. The molecule has 2 atom stereocenters. The van der Waals surface area contributed by atoms with Crippen LogP contribution >= 0.6 is 0 Å². The summed E-state index contributed by atoms with van der Waals surface area (Å²) in [6.45, 7) is 3.88. The van der Waals surface area contributed by atoms with Crippen molar-refractivity contribution in [2.75, 3.05) is 33.7 Å². The van der Waals surface area contributed by atoms with Crippen molar-refractivity contribution in [1.82, 2.24) is 20.9 Å². The van der Waals surface area contributed by atoms with Crippen LogP contribution in [0.1, 0.15) is 13.3 Å². The average Bonchev–Trinajstić information content (AvgIpc) is 2.70. The normalized spacial score (nSPS) is 23.2. The van der Waals surface area contributed by atoms with Gasteiger partial charge in [0.05, 0.1) is 6.04 Å². The number of hydrogen-bond acceptors (Lipinski definition) is 3. The Morgan fingerprint density at radius 2 is 1.94 bits per heavy atom. The van der Waals surface area contributed by atoms with Gasteiger partial charge in [-0.15, -0.1) is 0 Å². The largest absolute Gasteiger partial charge is 0.353 e. The van der Waals surface area contributed by atoms with Crippen molar-refractivity contribution in [1.29, 1.82) is 0 Å². The van der Waals surface area contributed by atoms with Gasteiger partial charge in [-0.3, -0.25) is 4.79 Å². The minimum absolute atomic E-state index is 0.0223. The highest BCUT2D eigenvalue weighted by atomic mass is 16.2. The maximum Gasteiger partial charge on any atom is 0.316 e. The number of hydrogen-bond donors (Lipinski definition) is 3. The molecule has 0 saturated carbocycles. The lowest BCUT2D eigenvalue weighted by atomic mass is 10.0. The molecule has 1 rings (SSSR count). The lowest BCUT2D eigenvalue weighted by Gasteiger charge is -2.16. The smallest absolute Gasteiger partial charge is 0.316 e. The molecule has 1 saturated heterocycles. The first-order valence-electron chi connectivity index (χ1n) is 5.98. The van der Waals surface area contributed by atoms with Crippen LogP contribution in [0.2, 0.25) is 0 Å². The molecule has 0 spiro atoms. The Labute approximate surface area is 102 Å². The summed E-state index contributed by atoms with van der Waals surface area (Å²) in [6.07, 6.45) is 1.04. The van der Waals surface area contributed by atoms with Crippen LogP contribution in [-0.2, 0) is 4.79 Å². The molecular weight excluding hydrogens is 220 g/mol. The van der Waals surface area contributed by atoms with Gasteiger partial charge >= 0.3 is 6.03 Å². The van der Waals surface area contributed by atoms with Gasteiger partial charge in [0.2, 0.25) is 5.91 Å². The molecule has 0 bridgehead atoms. The highest BCUT2D eigenvalue weighted by molar-refractivity contribution is 5.82. The van der Waals surface area contributed by atoms with E-state index < -0.39 is 0 Å². The number of rotatable bonds is 4. The monoisotopic (exact) mass is 242 g/mol. The fourth-order valence-electron chi connectivity index (χ4n) is 1.81. The van der Waals surface area contributed by atoms with E-state index in [0.29, 0.717) is 19.0 Å². The minimum Gasteiger partial charge on any atom is -0.353 e. The number of carbonyl (C=O) groups is 2. The van der Waals surface area contributed by atoms with Crippen molar-refractivity contribution in [3.8, 4) is 0 Å². The standard InChI is InChI=1S/C11H22N4O2/c1-8-4-5-12-9(8)10(16)13-6-7-14-11(17)15(2)3/h8-9,12H,4-7H2,1-3H3,(H,13,16)(H,14,17). The van der Waals surface area contributed by atoms with E-state index in [4.69, 9.17) is 0 Å². The second-order valence-electron chi connectivity index (χ2n) is 4.62. The van der Waals surface area contributed by atoms with Crippen molar-refractivity contribution in [3.63, 3.8) is 0 Å². The maximum atomic E-state index is 11.7. The number of nitrogens with one attached hydrogen (secondary N) is 3. The molecule has 1 aliphatic rings. The number of nitrogens with zero attached hydrogens (tertiary/aromatic N) is 1. The van der Waals surface area contributed by atoms with Gasteiger partial charge in [-0.05, 0) is 18.9 Å². The van der Waals surface area contributed by atoms with Crippen molar-refractivity contribution < 1.29 is 9.59 Å². The summed E-state index contributed by atoms with van der Waals surface area (Å²) in [4.78, 5) is 24.4. The van der Waals surface area contributed by atoms with Gasteiger partial charge in [-0.25, -0.2) is 4.79 Å². The van der Waals surface area contributed by atoms with Crippen LogP contribution in [-0.4, -0.2) is 56.6 Å². The second-order valence-corrected chi connectivity index (χ2v) is 4.62. The molecule has 1 heterocycles. The van der Waals surface area contributed by atoms with Gasteiger partial charge in [0.15, 0.2) is 0 Å². The zero-order valence-corrected chi connectivity index (χ0v) is 10.7. The lowest BCUT2D eigenvalue weighted by Crippen LogP contribution is -2.46. The Kier molecular flexibility index (Phi) is 5.21. The predicted octanol–water partition coefficient (Wildman–Crippen LogP) is -0.628. The SMILES string of the molecule is CC1CCNC1C(=O)NCCNC(=O)N(C)C. The molecule has 6 nitrogen and oxygen atoms in total. The summed E-state index contributed by atoms with van der Waals surface area (Å²) in [6, 6.07) is -0.230. The van der Waals surface area contributed by atoms with Crippen LogP contribution in [0.15, 0.2) is 0 Å². The van der Waals surface area contributed by atoms with Gasteiger partial charge in [-0.2, -0.15) is 0 Å². The molecule has 0 aliphatic carbocycles. The Bertz CT molecular complexity index is 281. The van der Waals surface area contributed by atoms with E-state index in [-0.39, 0.29) is 18.0 Å². The summed E-state index contributed by atoms with van der Waals surface area (Å²) in [7, 11) is 3.36. The molecule has 0 aromatic rings. The zero-order valence-electron chi connectivity index (χ0n) is 10.7. The molecular formula is C11H22N4O2. The van der Waals surface area contributed by atoms with E-state index in [0.717, 1.165) is 13.0 Å². The summed E-state index contributed by atoms with van der Waals surface area (Å²) in [5, 5.41) is 8.67. The predicted molar refractivity (Wildman–Crippen MR) is 65.7 cm³/mol. The van der Waals surface area contributed by atoms with Crippen molar-refractivity contribution in [2.45, 2.75) is 19.4 Å². The van der Waals surface area contributed by atoms with Crippen LogP contribution in [0.5, 0.6) is 0 Å². The topological polar surface area (TPSA) is 73.5 Å².